The minimum atomic E-state index is -0.0309. The van der Waals surface area contributed by atoms with E-state index < -0.39 is 0 Å². The zero-order valence-electron chi connectivity index (χ0n) is 13.8. The van der Waals surface area contributed by atoms with Gasteiger partial charge in [0, 0.05) is 6.42 Å². The first kappa shape index (κ1) is 17.2. The Morgan fingerprint density at radius 2 is 1.96 bits per heavy atom. The fourth-order valence-corrected chi connectivity index (χ4v) is 2.20. The van der Waals surface area contributed by atoms with E-state index in [1.165, 1.54) is 0 Å². The quantitative estimate of drug-likeness (QED) is 0.719. The van der Waals surface area contributed by atoms with Crippen LogP contribution in [0.15, 0.2) is 60.0 Å². The molecular weight excluding hydrogens is 290 g/mol. The molecule has 0 fully saturated rings. The van der Waals surface area contributed by atoms with Crippen LogP contribution in [0.2, 0.25) is 0 Å². The predicted molar refractivity (Wildman–Crippen MR) is 91.8 cm³/mol. The smallest absolute Gasteiger partial charge is 0.172 e. The van der Waals surface area contributed by atoms with Crippen LogP contribution >= 0.6 is 0 Å². The molecule has 23 heavy (non-hydrogen) atoms. The van der Waals surface area contributed by atoms with Gasteiger partial charge in [-0.15, -0.1) is 0 Å². The van der Waals surface area contributed by atoms with Gasteiger partial charge in [0.2, 0.25) is 0 Å². The summed E-state index contributed by atoms with van der Waals surface area (Å²) >= 11 is 0. The summed E-state index contributed by atoms with van der Waals surface area (Å²) in [5.41, 5.74) is 1.85. The number of hydrogen-bond donors (Lipinski definition) is 2. The van der Waals surface area contributed by atoms with Gasteiger partial charge in [0.15, 0.2) is 6.23 Å². The van der Waals surface area contributed by atoms with Gasteiger partial charge in [0.05, 0.1) is 12.3 Å². The van der Waals surface area contributed by atoms with Gasteiger partial charge in [0.1, 0.15) is 18.1 Å². The lowest BCUT2D eigenvalue weighted by Crippen LogP contribution is -2.25. The summed E-state index contributed by atoms with van der Waals surface area (Å²) in [5.74, 6) is 1.65. The Kier molecular flexibility index (Phi) is 6.76. The normalized spacial score (nSPS) is 17.8. The maximum Gasteiger partial charge on any atom is 0.172 e. The number of hydrogen-bond acceptors (Lipinski definition) is 4. The second kappa shape index (κ2) is 9.06. The number of aliphatic hydroxyl groups excluding tert-OH is 1. The Bertz CT molecular complexity index is 573. The lowest BCUT2D eigenvalue weighted by Gasteiger charge is -2.11. The summed E-state index contributed by atoms with van der Waals surface area (Å²) in [4.78, 5) is 0. The fourth-order valence-electron chi connectivity index (χ4n) is 2.20. The van der Waals surface area contributed by atoms with Gasteiger partial charge in [-0.1, -0.05) is 43.4 Å². The first-order chi connectivity index (χ1) is 11.2. The minimum absolute atomic E-state index is 0.0309. The number of benzene rings is 1. The van der Waals surface area contributed by atoms with E-state index in [4.69, 9.17) is 14.6 Å². The van der Waals surface area contributed by atoms with Crippen LogP contribution in [0.5, 0.6) is 5.75 Å². The van der Waals surface area contributed by atoms with Crippen molar-refractivity contribution in [3.8, 4) is 5.75 Å². The molecule has 1 aliphatic rings. The van der Waals surface area contributed by atoms with Crippen LogP contribution in [0.25, 0.3) is 0 Å². The molecule has 1 aliphatic heterocycles. The summed E-state index contributed by atoms with van der Waals surface area (Å²) in [6, 6.07) is 7.42. The lowest BCUT2D eigenvalue weighted by atomic mass is 10.2. The van der Waals surface area contributed by atoms with Crippen molar-refractivity contribution in [2.75, 3.05) is 6.61 Å². The van der Waals surface area contributed by atoms with Gasteiger partial charge < -0.3 is 19.9 Å². The van der Waals surface area contributed by atoms with Crippen molar-refractivity contribution in [1.29, 1.82) is 0 Å². The summed E-state index contributed by atoms with van der Waals surface area (Å²) in [7, 11) is 0. The van der Waals surface area contributed by atoms with Gasteiger partial charge in [-0.25, -0.2) is 0 Å². The molecule has 0 saturated carbocycles. The Balaban J connectivity index is 1.78. The Hall–Kier alpha value is -2.20. The molecule has 0 bridgehead atoms. The van der Waals surface area contributed by atoms with Crippen molar-refractivity contribution >= 4 is 0 Å². The van der Waals surface area contributed by atoms with Crippen LogP contribution in [-0.2, 0) is 11.3 Å². The largest absolute Gasteiger partial charge is 0.487 e. The summed E-state index contributed by atoms with van der Waals surface area (Å²) in [6.45, 7) is 4.55. The minimum Gasteiger partial charge on any atom is -0.487 e. The zero-order valence-corrected chi connectivity index (χ0v) is 13.8. The molecule has 0 aromatic heterocycles. The van der Waals surface area contributed by atoms with Crippen molar-refractivity contribution in [2.24, 2.45) is 0 Å². The van der Waals surface area contributed by atoms with E-state index in [9.17, 15) is 0 Å². The third-order valence-electron chi connectivity index (χ3n) is 3.54. The van der Waals surface area contributed by atoms with Gasteiger partial charge >= 0.3 is 0 Å². The van der Waals surface area contributed by atoms with Crippen LogP contribution < -0.4 is 10.1 Å². The Labute approximate surface area is 138 Å². The molecular formula is C19H25NO3. The highest BCUT2D eigenvalue weighted by Gasteiger charge is 2.21. The maximum absolute atomic E-state index is 9.03. The molecule has 1 aromatic rings. The second-order valence-corrected chi connectivity index (χ2v) is 5.38. The summed E-state index contributed by atoms with van der Waals surface area (Å²) in [5, 5.41) is 12.4. The number of rotatable bonds is 8. The van der Waals surface area contributed by atoms with Gasteiger partial charge in [0.25, 0.3) is 0 Å². The van der Waals surface area contributed by atoms with Crippen molar-refractivity contribution in [3.05, 3.63) is 65.6 Å². The third kappa shape index (κ3) is 5.49. The topological polar surface area (TPSA) is 50.7 Å². The Morgan fingerprint density at radius 3 is 2.65 bits per heavy atom. The summed E-state index contributed by atoms with van der Waals surface area (Å²) < 4.78 is 11.5. The highest BCUT2D eigenvalue weighted by Crippen LogP contribution is 2.19. The molecule has 2 N–H and O–H groups in total. The molecule has 4 nitrogen and oxygen atoms in total. The van der Waals surface area contributed by atoms with E-state index in [-0.39, 0.29) is 12.8 Å². The average molecular weight is 315 g/mol. The predicted octanol–water partition coefficient (Wildman–Crippen LogP) is 3.65. The number of allylic oxidation sites excluding steroid dienone is 4. The number of aliphatic hydroxyl groups is 1. The molecule has 0 saturated heterocycles. The van der Waals surface area contributed by atoms with Crippen LogP contribution in [0.1, 0.15) is 32.3 Å². The van der Waals surface area contributed by atoms with Crippen molar-refractivity contribution in [3.63, 3.8) is 0 Å². The molecule has 124 valence electrons. The molecule has 0 aliphatic carbocycles. The molecule has 1 unspecified atom stereocenters. The number of ether oxygens (including phenoxy) is 2. The van der Waals surface area contributed by atoms with E-state index in [1.54, 1.807) is 0 Å². The fraction of sp³-hybridized carbons (Fsp3) is 0.368. The monoisotopic (exact) mass is 315 g/mol. The highest BCUT2D eigenvalue weighted by molar-refractivity contribution is 5.27. The van der Waals surface area contributed by atoms with Crippen LogP contribution in [-0.4, -0.2) is 17.9 Å². The number of nitrogens with one attached hydrogen (secondary N) is 1. The van der Waals surface area contributed by atoms with Crippen molar-refractivity contribution < 1.29 is 14.6 Å². The SMILES string of the molecule is CC/C=C\C=C/CC1NC(COc2ccc(CO)cc2)=C(C)O1. The highest BCUT2D eigenvalue weighted by atomic mass is 16.5. The molecule has 1 aromatic carbocycles. The molecule has 0 radical (unpaired) electrons. The molecule has 4 heteroatoms. The molecule has 0 amide bonds. The van der Waals surface area contributed by atoms with Crippen LogP contribution in [0, 0.1) is 0 Å². The van der Waals surface area contributed by atoms with E-state index >= 15 is 0 Å². The van der Waals surface area contributed by atoms with E-state index in [2.05, 4.69) is 30.5 Å². The maximum atomic E-state index is 9.03. The first-order valence-corrected chi connectivity index (χ1v) is 8.00. The van der Waals surface area contributed by atoms with E-state index in [0.717, 1.165) is 35.6 Å². The van der Waals surface area contributed by atoms with Crippen molar-refractivity contribution in [1.82, 2.24) is 5.32 Å². The lowest BCUT2D eigenvalue weighted by molar-refractivity contribution is 0.131. The van der Waals surface area contributed by atoms with Gasteiger partial charge in [-0.2, -0.15) is 0 Å². The first-order valence-electron chi connectivity index (χ1n) is 8.00. The second-order valence-electron chi connectivity index (χ2n) is 5.38. The van der Waals surface area contributed by atoms with Crippen molar-refractivity contribution in [2.45, 2.75) is 39.5 Å². The van der Waals surface area contributed by atoms with Gasteiger partial charge in [-0.3, -0.25) is 0 Å². The zero-order chi connectivity index (χ0) is 16.5. The van der Waals surface area contributed by atoms with Crippen LogP contribution in [0.3, 0.4) is 0 Å². The Morgan fingerprint density at radius 1 is 1.22 bits per heavy atom. The molecule has 0 spiro atoms. The standard InChI is InChI=1S/C19H25NO3/c1-3-4-5-6-7-8-19-20-18(15(2)23-19)14-22-17-11-9-16(13-21)10-12-17/h4-7,9-12,19-21H,3,8,13-14H2,1-2H3/b5-4-,7-6-. The van der Waals surface area contributed by atoms with Crippen LogP contribution in [0.4, 0.5) is 0 Å². The van der Waals surface area contributed by atoms with E-state index in [1.807, 2.05) is 37.3 Å². The summed E-state index contributed by atoms with van der Waals surface area (Å²) in [6.07, 6.45) is 10.1. The average Bonchev–Trinajstić information content (AvgIpc) is 2.93. The molecule has 1 heterocycles. The van der Waals surface area contributed by atoms with Gasteiger partial charge in [-0.05, 0) is 31.0 Å². The molecule has 2 rings (SSSR count). The van der Waals surface area contributed by atoms with E-state index in [0.29, 0.717) is 6.61 Å². The molecule has 1 atom stereocenters. The third-order valence-corrected chi connectivity index (χ3v) is 3.54.